The SMILES string of the molecule is OCC=CC=CCCCCCCCCO. The standard InChI is InChI=1S/C13H24O2/c14-12-10-8-6-4-2-1-3-5-7-9-11-13-15/h4,6,8,10,14-15H,1-3,5,7,9,11-13H2. The fraction of sp³-hybridized carbons (Fsp3) is 0.692. The van der Waals surface area contributed by atoms with Crippen LogP contribution in [0.2, 0.25) is 0 Å². The zero-order valence-electron chi connectivity index (χ0n) is 9.57. The van der Waals surface area contributed by atoms with Gasteiger partial charge in [0.15, 0.2) is 0 Å². The van der Waals surface area contributed by atoms with E-state index in [-0.39, 0.29) is 6.61 Å². The Morgan fingerprint density at radius 2 is 1.27 bits per heavy atom. The molecule has 0 aromatic rings. The third-order valence-electron chi connectivity index (χ3n) is 2.27. The maximum Gasteiger partial charge on any atom is 0.0615 e. The summed E-state index contributed by atoms with van der Waals surface area (Å²) in [6.07, 6.45) is 16.0. The van der Waals surface area contributed by atoms with Crippen molar-refractivity contribution >= 4 is 0 Å². The van der Waals surface area contributed by atoms with Gasteiger partial charge in [-0.1, -0.05) is 50.0 Å². The lowest BCUT2D eigenvalue weighted by atomic mass is 10.1. The Hall–Kier alpha value is -0.600. The van der Waals surface area contributed by atoms with Gasteiger partial charge in [0.05, 0.1) is 6.61 Å². The molecular weight excluding hydrogens is 188 g/mol. The first-order valence-corrected chi connectivity index (χ1v) is 5.95. The summed E-state index contributed by atoms with van der Waals surface area (Å²) < 4.78 is 0. The third-order valence-corrected chi connectivity index (χ3v) is 2.27. The highest BCUT2D eigenvalue weighted by Crippen LogP contribution is 2.07. The van der Waals surface area contributed by atoms with Crippen molar-refractivity contribution in [3.63, 3.8) is 0 Å². The van der Waals surface area contributed by atoms with Crippen LogP contribution in [0.15, 0.2) is 24.3 Å². The van der Waals surface area contributed by atoms with Crippen molar-refractivity contribution in [2.45, 2.75) is 44.9 Å². The summed E-state index contributed by atoms with van der Waals surface area (Å²) in [5, 5.41) is 17.0. The molecule has 0 aromatic carbocycles. The van der Waals surface area contributed by atoms with Crippen molar-refractivity contribution in [1.82, 2.24) is 0 Å². The highest BCUT2D eigenvalue weighted by Gasteiger charge is 1.89. The van der Waals surface area contributed by atoms with Crippen molar-refractivity contribution in [1.29, 1.82) is 0 Å². The van der Waals surface area contributed by atoms with Gasteiger partial charge in [-0.15, -0.1) is 0 Å². The highest BCUT2D eigenvalue weighted by molar-refractivity contribution is 5.02. The zero-order valence-corrected chi connectivity index (χ0v) is 9.57. The molecule has 2 heteroatoms. The van der Waals surface area contributed by atoms with Crippen LogP contribution < -0.4 is 0 Å². The molecule has 2 nitrogen and oxygen atoms in total. The van der Waals surface area contributed by atoms with Crippen molar-refractivity contribution in [3.8, 4) is 0 Å². The van der Waals surface area contributed by atoms with E-state index in [4.69, 9.17) is 10.2 Å². The number of hydrogen-bond donors (Lipinski definition) is 2. The van der Waals surface area contributed by atoms with Crippen LogP contribution in [-0.4, -0.2) is 23.4 Å². The van der Waals surface area contributed by atoms with E-state index < -0.39 is 0 Å². The number of unbranched alkanes of at least 4 members (excludes halogenated alkanes) is 6. The summed E-state index contributed by atoms with van der Waals surface area (Å²) in [6, 6.07) is 0. The fourth-order valence-corrected chi connectivity index (χ4v) is 1.40. The second-order valence-electron chi connectivity index (χ2n) is 3.67. The molecule has 0 radical (unpaired) electrons. The molecule has 0 aliphatic rings. The van der Waals surface area contributed by atoms with E-state index in [1.54, 1.807) is 6.08 Å². The van der Waals surface area contributed by atoms with E-state index in [0.717, 1.165) is 19.3 Å². The molecule has 0 saturated carbocycles. The smallest absolute Gasteiger partial charge is 0.0615 e. The highest BCUT2D eigenvalue weighted by atomic mass is 16.3. The average molecular weight is 212 g/mol. The number of aliphatic hydroxyl groups excluding tert-OH is 2. The van der Waals surface area contributed by atoms with Gasteiger partial charge in [0.1, 0.15) is 0 Å². The van der Waals surface area contributed by atoms with Crippen LogP contribution in [0.3, 0.4) is 0 Å². The molecule has 0 aliphatic carbocycles. The van der Waals surface area contributed by atoms with Gasteiger partial charge in [-0.3, -0.25) is 0 Å². The Labute approximate surface area is 93.3 Å². The first-order chi connectivity index (χ1) is 7.41. The summed E-state index contributed by atoms with van der Waals surface area (Å²) in [4.78, 5) is 0. The van der Waals surface area contributed by atoms with Crippen molar-refractivity contribution in [3.05, 3.63) is 24.3 Å². The van der Waals surface area contributed by atoms with Crippen LogP contribution >= 0.6 is 0 Å². The lowest BCUT2D eigenvalue weighted by Crippen LogP contribution is -1.83. The normalized spacial score (nSPS) is 11.9. The van der Waals surface area contributed by atoms with E-state index in [9.17, 15) is 0 Å². The molecule has 0 amide bonds. The predicted molar refractivity (Wildman–Crippen MR) is 64.8 cm³/mol. The first kappa shape index (κ1) is 14.4. The largest absolute Gasteiger partial charge is 0.396 e. The minimum Gasteiger partial charge on any atom is -0.396 e. The van der Waals surface area contributed by atoms with Gasteiger partial charge >= 0.3 is 0 Å². The number of rotatable bonds is 10. The van der Waals surface area contributed by atoms with Crippen molar-refractivity contribution in [2.75, 3.05) is 13.2 Å². The Morgan fingerprint density at radius 3 is 1.93 bits per heavy atom. The Kier molecular flexibility index (Phi) is 12.9. The van der Waals surface area contributed by atoms with Crippen molar-refractivity contribution < 1.29 is 10.2 Å². The lowest BCUT2D eigenvalue weighted by Gasteiger charge is -1.98. The second kappa shape index (κ2) is 13.4. The van der Waals surface area contributed by atoms with Crippen LogP contribution in [0.5, 0.6) is 0 Å². The van der Waals surface area contributed by atoms with E-state index >= 15 is 0 Å². The van der Waals surface area contributed by atoms with E-state index in [2.05, 4.69) is 6.08 Å². The number of allylic oxidation sites excluding steroid dienone is 3. The topological polar surface area (TPSA) is 40.5 Å². The molecular formula is C13H24O2. The van der Waals surface area contributed by atoms with Crippen LogP contribution in [0, 0.1) is 0 Å². The number of hydrogen-bond acceptors (Lipinski definition) is 2. The molecule has 0 aliphatic heterocycles. The molecule has 0 fully saturated rings. The number of aliphatic hydroxyl groups is 2. The maximum atomic E-state index is 8.58. The molecule has 0 rings (SSSR count). The van der Waals surface area contributed by atoms with Crippen LogP contribution in [0.1, 0.15) is 44.9 Å². The van der Waals surface area contributed by atoms with Gasteiger partial charge in [-0.25, -0.2) is 0 Å². The molecule has 0 bridgehead atoms. The Balaban J connectivity index is 3.04. The Bertz CT molecular complexity index is 162. The van der Waals surface area contributed by atoms with Crippen LogP contribution in [0.25, 0.3) is 0 Å². The lowest BCUT2D eigenvalue weighted by molar-refractivity contribution is 0.282. The summed E-state index contributed by atoms with van der Waals surface area (Å²) in [5.74, 6) is 0. The molecule has 0 spiro atoms. The van der Waals surface area contributed by atoms with Crippen LogP contribution in [-0.2, 0) is 0 Å². The zero-order chi connectivity index (χ0) is 11.2. The average Bonchev–Trinajstić information content (AvgIpc) is 2.26. The third kappa shape index (κ3) is 13.4. The fourth-order valence-electron chi connectivity index (χ4n) is 1.40. The van der Waals surface area contributed by atoms with E-state index in [1.165, 1.54) is 25.7 Å². The predicted octanol–water partition coefficient (Wildman–Crippen LogP) is 2.81. The van der Waals surface area contributed by atoms with Gasteiger partial charge in [-0.05, 0) is 19.3 Å². The van der Waals surface area contributed by atoms with Gasteiger partial charge in [0, 0.05) is 6.61 Å². The van der Waals surface area contributed by atoms with Gasteiger partial charge in [0.2, 0.25) is 0 Å². The second-order valence-corrected chi connectivity index (χ2v) is 3.67. The molecule has 0 atom stereocenters. The van der Waals surface area contributed by atoms with Crippen molar-refractivity contribution in [2.24, 2.45) is 0 Å². The first-order valence-electron chi connectivity index (χ1n) is 5.95. The van der Waals surface area contributed by atoms with Gasteiger partial charge in [0.25, 0.3) is 0 Å². The maximum absolute atomic E-state index is 8.58. The molecule has 88 valence electrons. The van der Waals surface area contributed by atoms with E-state index in [1.807, 2.05) is 12.2 Å². The molecule has 0 aromatic heterocycles. The van der Waals surface area contributed by atoms with Gasteiger partial charge < -0.3 is 10.2 Å². The molecule has 0 saturated heterocycles. The molecule has 2 N–H and O–H groups in total. The minimum absolute atomic E-state index is 0.120. The van der Waals surface area contributed by atoms with E-state index in [0.29, 0.717) is 6.61 Å². The molecule has 0 unspecified atom stereocenters. The Morgan fingerprint density at radius 1 is 0.667 bits per heavy atom. The molecule has 0 heterocycles. The summed E-state index contributed by atoms with van der Waals surface area (Å²) >= 11 is 0. The quantitative estimate of drug-likeness (QED) is 0.432. The summed E-state index contributed by atoms with van der Waals surface area (Å²) in [7, 11) is 0. The minimum atomic E-state index is 0.120. The summed E-state index contributed by atoms with van der Waals surface area (Å²) in [5.41, 5.74) is 0. The monoisotopic (exact) mass is 212 g/mol. The van der Waals surface area contributed by atoms with Gasteiger partial charge in [-0.2, -0.15) is 0 Å². The van der Waals surface area contributed by atoms with Crippen LogP contribution in [0.4, 0.5) is 0 Å². The molecule has 15 heavy (non-hydrogen) atoms. The summed E-state index contributed by atoms with van der Waals surface area (Å²) in [6.45, 7) is 0.453.